The number of hydrogen-bond donors (Lipinski definition) is 1. The minimum Gasteiger partial charge on any atom is -0.352 e. The molecule has 0 saturated carbocycles. The predicted octanol–water partition coefficient (Wildman–Crippen LogP) is 1.21. The Labute approximate surface area is 150 Å². The van der Waals surface area contributed by atoms with E-state index in [2.05, 4.69) is 15.0 Å². The number of aromatic amines is 1. The van der Waals surface area contributed by atoms with Gasteiger partial charge in [0, 0.05) is 32.4 Å². The van der Waals surface area contributed by atoms with E-state index in [0.717, 1.165) is 10.9 Å². The molecule has 1 amide bonds. The van der Waals surface area contributed by atoms with Crippen LogP contribution in [0, 0.1) is 0 Å². The zero-order chi connectivity index (χ0) is 17.9. The van der Waals surface area contributed by atoms with Crippen molar-refractivity contribution in [1.29, 1.82) is 0 Å². The van der Waals surface area contributed by atoms with Gasteiger partial charge >= 0.3 is 5.69 Å². The van der Waals surface area contributed by atoms with Gasteiger partial charge in [0.1, 0.15) is 11.5 Å². The number of rotatable bonds is 3. The van der Waals surface area contributed by atoms with Crippen molar-refractivity contribution in [2.24, 2.45) is 0 Å². The van der Waals surface area contributed by atoms with Gasteiger partial charge in [-0.3, -0.25) is 9.78 Å². The highest BCUT2D eigenvalue weighted by molar-refractivity contribution is 5.86. The van der Waals surface area contributed by atoms with Crippen molar-refractivity contribution >= 4 is 22.8 Å². The number of anilines is 1. The van der Waals surface area contributed by atoms with Gasteiger partial charge in [-0.15, -0.1) is 0 Å². The minimum atomic E-state index is -0.409. The molecule has 0 spiro atoms. The van der Waals surface area contributed by atoms with Crippen molar-refractivity contribution in [3.8, 4) is 0 Å². The third-order valence-electron chi connectivity index (χ3n) is 4.61. The Bertz CT molecular complexity index is 978. The lowest BCUT2D eigenvalue weighted by molar-refractivity contribution is -0.130. The van der Waals surface area contributed by atoms with Gasteiger partial charge in [0.2, 0.25) is 5.91 Å². The van der Waals surface area contributed by atoms with Crippen LogP contribution in [0.4, 0.5) is 5.82 Å². The number of aromatic nitrogens is 3. The summed E-state index contributed by atoms with van der Waals surface area (Å²) in [7, 11) is 0. The van der Waals surface area contributed by atoms with Gasteiger partial charge in [0.05, 0.1) is 11.8 Å². The summed E-state index contributed by atoms with van der Waals surface area (Å²) in [6, 6.07) is 13.5. The summed E-state index contributed by atoms with van der Waals surface area (Å²) in [5.41, 5.74) is 1.15. The molecule has 7 nitrogen and oxygen atoms in total. The second kappa shape index (κ2) is 6.95. The van der Waals surface area contributed by atoms with E-state index in [1.807, 2.05) is 52.3 Å². The standard InChI is InChI=1S/C19H19N5O2/c25-16(13-14-5-2-1-3-6-14)23-9-11-24(12-10-23)18-15-7-4-8-20-17(15)21-19(26)22-18/h1-8H,9-13H2,(H,20,21,22,26). The number of piperazine rings is 1. The van der Waals surface area contributed by atoms with Crippen LogP contribution in [0.3, 0.4) is 0 Å². The molecular weight excluding hydrogens is 330 g/mol. The largest absolute Gasteiger partial charge is 0.352 e. The van der Waals surface area contributed by atoms with Crippen LogP contribution < -0.4 is 10.6 Å². The maximum atomic E-state index is 12.5. The number of benzene rings is 1. The molecule has 1 saturated heterocycles. The lowest BCUT2D eigenvalue weighted by Gasteiger charge is -2.35. The Kier molecular flexibility index (Phi) is 4.35. The number of pyridine rings is 1. The van der Waals surface area contributed by atoms with Crippen LogP contribution in [0.2, 0.25) is 0 Å². The fourth-order valence-corrected chi connectivity index (χ4v) is 3.26. The summed E-state index contributed by atoms with van der Waals surface area (Å²) >= 11 is 0. The first-order chi connectivity index (χ1) is 12.7. The van der Waals surface area contributed by atoms with Gasteiger partial charge in [-0.05, 0) is 17.7 Å². The molecule has 1 aromatic carbocycles. The molecule has 3 aromatic rings. The molecule has 1 N–H and O–H groups in total. The third-order valence-corrected chi connectivity index (χ3v) is 4.61. The van der Waals surface area contributed by atoms with Crippen LogP contribution in [-0.4, -0.2) is 51.9 Å². The van der Waals surface area contributed by atoms with Crippen LogP contribution in [-0.2, 0) is 11.2 Å². The van der Waals surface area contributed by atoms with Gasteiger partial charge in [-0.2, -0.15) is 4.98 Å². The van der Waals surface area contributed by atoms with Crippen LogP contribution >= 0.6 is 0 Å². The molecular formula is C19H19N5O2. The summed E-state index contributed by atoms with van der Waals surface area (Å²) in [4.78, 5) is 39.2. The molecule has 2 aromatic heterocycles. The fraction of sp³-hybridized carbons (Fsp3) is 0.263. The number of carbonyl (C=O) groups excluding carboxylic acids is 1. The van der Waals surface area contributed by atoms with E-state index in [4.69, 9.17) is 0 Å². The lowest BCUT2D eigenvalue weighted by atomic mass is 10.1. The second-order valence-corrected chi connectivity index (χ2v) is 6.30. The fourth-order valence-electron chi connectivity index (χ4n) is 3.26. The van der Waals surface area contributed by atoms with E-state index >= 15 is 0 Å². The maximum absolute atomic E-state index is 12.5. The second-order valence-electron chi connectivity index (χ2n) is 6.30. The van der Waals surface area contributed by atoms with Gasteiger partial charge in [0.25, 0.3) is 0 Å². The maximum Gasteiger partial charge on any atom is 0.348 e. The molecule has 7 heteroatoms. The van der Waals surface area contributed by atoms with Crippen LogP contribution in [0.5, 0.6) is 0 Å². The Morgan fingerprint density at radius 2 is 1.81 bits per heavy atom. The van der Waals surface area contributed by atoms with E-state index in [1.54, 1.807) is 6.20 Å². The first-order valence-corrected chi connectivity index (χ1v) is 8.62. The zero-order valence-corrected chi connectivity index (χ0v) is 14.3. The number of fused-ring (bicyclic) bond motifs is 1. The van der Waals surface area contributed by atoms with Crippen molar-refractivity contribution < 1.29 is 4.79 Å². The van der Waals surface area contributed by atoms with E-state index in [0.29, 0.717) is 44.1 Å². The molecule has 0 radical (unpaired) electrons. The molecule has 4 rings (SSSR count). The molecule has 132 valence electrons. The quantitative estimate of drug-likeness (QED) is 0.769. The number of carbonyl (C=O) groups is 1. The molecule has 1 aliphatic heterocycles. The number of H-pyrrole nitrogens is 1. The number of nitrogens with zero attached hydrogens (tertiary/aromatic N) is 4. The van der Waals surface area contributed by atoms with E-state index in [-0.39, 0.29) is 5.91 Å². The Morgan fingerprint density at radius 3 is 2.58 bits per heavy atom. The summed E-state index contributed by atoms with van der Waals surface area (Å²) < 4.78 is 0. The highest BCUT2D eigenvalue weighted by atomic mass is 16.2. The topological polar surface area (TPSA) is 82.2 Å². The van der Waals surface area contributed by atoms with E-state index in [1.165, 1.54) is 0 Å². The summed E-state index contributed by atoms with van der Waals surface area (Å²) in [5.74, 6) is 0.758. The average molecular weight is 349 g/mol. The van der Waals surface area contributed by atoms with E-state index in [9.17, 15) is 9.59 Å². The Hall–Kier alpha value is -3.22. The van der Waals surface area contributed by atoms with Crippen molar-refractivity contribution in [3.63, 3.8) is 0 Å². The molecule has 0 aliphatic carbocycles. The molecule has 26 heavy (non-hydrogen) atoms. The van der Waals surface area contributed by atoms with Gasteiger partial charge in [0.15, 0.2) is 0 Å². The predicted molar refractivity (Wildman–Crippen MR) is 99.1 cm³/mol. The van der Waals surface area contributed by atoms with Gasteiger partial charge < -0.3 is 9.80 Å². The number of hydrogen-bond acceptors (Lipinski definition) is 5. The molecule has 0 bridgehead atoms. The van der Waals surface area contributed by atoms with Crippen LogP contribution in [0.15, 0.2) is 53.5 Å². The summed E-state index contributed by atoms with van der Waals surface area (Å²) in [6.45, 7) is 2.51. The van der Waals surface area contributed by atoms with Gasteiger partial charge in [-0.25, -0.2) is 9.78 Å². The smallest absolute Gasteiger partial charge is 0.348 e. The molecule has 3 heterocycles. The molecule has 1 fully saturated rings. The Morgan fingerprint density at radius 1 is 1.04 bits per heavy atom. The molecule has 0 atom stereocenters. The normalized spacial score (nSPS) is 14.6. The van der Waals surface area contributed by atoms with Gasteiger partial charge in [-0.1, -0.05) is 30.3 Å². The zero-order valence-electron chi connectivity index (χ0n) is 14.3. The first kappa shape index (κ1) is 16.3. The molecule has 1 aliphatic rings. The highest BCUT2D eigenvalue weighted by Crippen LogP contribution is 2.21. The number of amides is 1. The van der Waals surface area contributed by atoms with Crippen molar-refractivity contribution in [2.75, 3.05) is 31.1 Å². The average Bonchev–Trinajstić information content (AvgIpc) is 2.68. The summed E-state index contributed by atoms with van der Waals surface area (Å²) in [5, 5.41) is 0.816. The van der Waals surface area contributed by atoms with E-state index < -0.39 is 5.69 Å². The first-order valence-electron chi connectivity index (χ1n) is 8.62. The van der Waals surface area contributed by atoms with Crippen molar-refractivity contribution in [3.05, 3.63) is 64.7 Å². The highest BCUT2D eigenvalue weighted by Gasteiger charge is 2.23. The van der Waals surface area contributed by atoms with Crippen LogP contribution in [0.1, 0.15) is 5.56 Å². The van der Waals surface area contributed by atoms with Crippen molar-refractivity contribution in [1.82, 2.24) is 19.9 Å². The third kappa shape index (κ3) is 3.28. The van der Waals surface area contributed by atoms with Crippen molar-refractivity contribution in [2.45, 2.75) is 6.42 Å². The summed E-state index contributed by atoms with van der Waals surface area (Å²) in [6.07, 6.45) is 2.05. The Balaban J connectivity index is 1.47. The molecule has 0 unspecified atom stereocenters. The SMILES string of the molecule is O=C(Cc1ccccc1)N1CCN(c2nc(=O)[nH]c3ncccc23)CC1. The number of nitrogens with one attached hydrogen (secondary N) is 1. The monoisotopic (exact) mass is 349 g/mol. The minimum absolute atomic E-state index is 0.126. The van der Waals surface area contributed by atoms with Crippen LogP contribution in [0.25, 0.3) is 11.0 Å². The lowest BCUT2D eigenvalue weighted by Crippen LogP contribution is -2.49.